The average molecular weight is 375 g/mol. The average Bonchev–Trinajstić information content (AvgIpc) is 3.01. The molecule has 0 bridgehead atoms. The lowest BCUT2D eigenvalue weighted by molar-refractivity contribution is -0.116. The second-order valence-corrected chi connectivity index (χ2v) is 6.47. The van der Waals surface area contributed by atoms with E-state index in [2.05, 4.69) is 31.3 Å². The zero-order valence-electron chi connectivity index (χ0n) is 12.5. The van der Waals surface area contributed by atoms with Crippen LogP contribution in [-0.2, 0) is 4.79 Å². The normalized spacial score (nSPS) is 19.9. The van der Waals surface area contributed by atoms with Crippen LogP contribution >= 0.6 is 15.9 Å². The zero-order valence-corrected chi connectivity index (χ0v) is 14.1. The van der Waals surface area contributed by atoms with E-state index in [4.69, 9.17) is 4.74 Å². The van der Waals surface area contributed by atoms with Crippen molar-refractivity contribution in [1.29, 1.82) is 0 Å². The summed E-state index contributed by atoms with van der Waals surface area (Å²) >= 11 is 3.52. The van der Waals surface area contributed by atoms with Gasteiger partial charge in [-0.25, -0.2) is 4.68 Å². The summed E-state index contributed by atoms with van der Waals surface area (Å²) in [6, 6.07) is 5.59. The van der Waals surface area contributed by atoms with Gasteiger partial charge in [0.25, 0.3) is 0 Å². The summed E-state index contributed by atoms with van der Waals surface area (Å²) in [7, 11) is 1.63. The number of ketones is 1. The van der Waals surface area contributed by atoms with E-state index < -0.39 is 0 Å². The lowest BCUT2D eigenvalue weighted by atomic mass is 9.85. The molecule has 1 aliphatic carbocycles. The third-order valence-corrected chi connectivity index (χ3v) is 4.92. The summed E-state index contributed by atoms with van der Waals surface area (Å²) in [4.78, 5) is 16.8. The quantitative estimate of drug-likeness (QED) is 0.874. The number of ether oxygens (including phenoxy) is 1. The Morgan fingerprint density at radius 3 is 3.04 bits per heavy atom. The van der Waals surface area contributed by atoms with Gasteiger partial charge in [-0.1, -0.05) is 6.07 Å². The molecule has 1 aromatic carbocycles. The van der Waals surface area contributed by atoms with Crippen LogP contribution in [-0.4, -0.2) is 27.7 Å². The Labute approximate surface area is 141 Å². The molecule has 6 nitrogen and oxygen atoms in total. The number of nitrogens with one attached hydrogen (secondary N) is 1. The minimum absolute atomic E-state index is 0.178. The number of anilines is 1. The van der Waals surface area contributed by atoms with Crippen LogP contribution < -0.4 is 10.1 Å². The molecule has 7 heteroatoms. The van der Waals surface area contributed by atoms with Gasteiger partial charge in [-0.3, -0.25) is 4.79 Å². The maximum Gasteiger partial charge on any atom is 0.226 e. The molecule has 0 saturated carbocycles. The molecule has 1 unspecified atom stereocenters. The summed E-state index contributed by atoms with van der Waals surface area (Å²) in [5.74, 6) is 1.61. The van der Waals surface area contributed by atoms with Crippen LogP contribution in [0.2, 0.25) is 0 Å². The van der Waals surface area contributed by atoms with E-state index in [-0.39, 0.29) is 11.8 Å². The summed E-state index contributed by atoms with van der Waals surface area (Å²) in [5, 5.41) is 7.58. The predicted molar refractivity (Wildman–Crippen MR) is 88.4 cm³/mol. The molecular weight excluding hydrogens is 360 g/mol. The van der Waals surface area contributed by atoms with E-state index in [0.717, 1.165) is 39.9 Å². The molecular formula is C16H15BrN4O2. The van der Waals surface area contributed by atoms with Crippen LogP contribution in [0, 0.1) is 0 Å². The van der Waals surface area contributed by atoms with Gasteiger partial charge in [0.15, 0.2) is 5.78 Å². The number of allylic oxidation sites excluding steroid dienone is 2. The second kappa shape index (κ2) is 5.49. The SMILES string of the molecule is COc1ccc(C2C3=C(CCCC3=O)Nc3ncnn32)cc1Br. The molecule has 1 aromatic heterocycles. The number of Topliss-reactive ketones (excluding diaryl/α,β-unsaturated/α-hetero) is 1. The molecule has 4 rings (SSSR count). The number of halogens is 1. The standard InChI is InChI=1S/C16H15BrN4O2/c1-23-13-6-5-9(7-10(13)17)15-14-11(3-2-4-12(14)22)20-16-18-8-19-21(15)16/h5-8,15H,2-4H2,1H3,(H,18,19,20). The molecule has 0 radical (unpaired) electrons. The topological polar surface area (TPSA) is 69.0 Å². The van der Waals surface area contributed by atoms with Crippen molar-refractivity contribution in [1.82, 2.24) is 14.8 Å². The number of methoxy groups -OCH3 is 1. The largest absolute Gasteiger partial charge is 0.496 e. The molecule has 118 valence electrons. The third-order valence-electron chi connectivity index (χ3n) is 4.30. The maximum atomic E-state index is 12.6. The Kier molecular flexibility index (Phi) is 3.45. The number of fused-ring (bicyclic) bond motifs is 1. The molecule has 1 atom stereocenters. The molecule has 0 saturated heterocycles. The van der Waals surface area contributed by atoms with E-state index >= 15 is 0 Å². The smallest absolute Gasteiger partial charge is 0.226 e. The van der Waals surface area contributed by atoms with E-state index in [1.165, 1.54) is 6.33 Å². The molecule has 0 spiro atoms. The van der Waals surface area contributed by atoms with Crippen molar-refractivity contribution in [2.45, 2.75) is 25.3 Å². The fraction of sp³-hybridized carbons (Fsp3) is 0.312. The van der Waals surface area contributed by atoms with Gasteiger partial charge in [-0.15, -0.1) is 0 Å². The van der Waals surface area contributed by atoms with Gasteiger partial charge in [0.2, 0.25) is 5.95 Å². The molecule has 1 N–H and O–H groups in total. The summed E-state index contributed by atoms with van der Waals surface area (Å²) < 4.78 is 7.92. The van der Waals surface area contributed by atoms with Crippen molar-refractivity contribution in [3.05, 3.63) is 45.8 Å². The number of carbonyl (C=O) groups is 1. The lowest BCUT2D eigenvalue weighted by Crippen LogP contribution is -2.31. The number of rotatable bonds is 2. The van der Waals surface area contributed by atoms with Crippen molar-refractivity contribution in [2.75, 3.05) is 12.4 Å². The van der Waals surface area contributed by atoms with Gasteiger partial charge in [-0.05, 0) is 46.5 Å². The first kappa shape index (κ1) is 14.4. The van der Waals surface area contributed by atoms with Gasteiger partial charge < -0.3 is 10.1 Å². The number of hydrogen-bond acceptors (Lipinski definition) is 5. The number of hydrogen-bond donors (Lipinski definition) is 1. The molecule has 1 aliphatic heterocycles. The summed E-state index contributed by atoms with van der Waals surface area (Å²) in [5.41, 5.74) is 2.75. The van der Waals surface area contributed by atoms with Crippen LogP contribution in [0.1, 0.15) is 30.9 Å². The number of aromatic nitrogens is 3. The first-order valence-electron chi connectivity index (χ1n) is 7.45. The Morgan fingerprint density at radius 2 is 2.26 bits per heavy atom. The fourth-order valence-corrected chi connectivity index (χ4v) is 3.82. The highest BCUT2D eigenvalue weighted by molar-refractivity contribution is 9.10. The first-order valence-corrected chi connectivity index (χ1v) is 8.24. The Balaban J connectivity index is 1.89. The van der Waals surface area contributed by atoms with Crippen molar-refractivity contribution >= 4 is 27.7 Å². The van der Waals surface area contributed by atoms with E-state index in [1.807, 2.05) is 18.2 Å². The molecule has 23 heavy (non-hydrogen) atoms. The zero-order chi connectivity index (χ0) is 16.0. The number of carbonyl (C=O) groups excluding carboxylic acids is 1. The van der Waals surface area contributed by atoms with E-state index in [1.54, 1.807) is 11.8 Å². The van der Waals surface area contributed by atoms with Crippen molar-refractivity contribution in [3.63, 3.8) is 0 Å². The monoisotopic (exact) mass is 374 g/mol. The van der Waals surface area contributed by atoms with Crippen molar-refractivity contribution in [3.8, 4) is 5.75 Å². The van der Waals surface area contributed by atoms with E-state index in [9.17, 15) is 4.79 Å². The molecule has 2 heterocycles. The second-order valence-electron chi connectivity index (χ2n) is 5.62. The highest BCUT2D eigenvalue weighted by Gasteiger charge is 2.36. The van der Waals surface area contributed by atoms with Crippen molar-refractivity contribution < 1.29 is 9.53 Å². The minimum Gasteiger partial charge on any atom is -0.496 e. The van der Waals surface area contributed by atoms with Gasteiger partial charge in [0.1, 0.15) is 18.1 Å². The third kappa shape index (κ3) is 2.26. The van der Waals surface area contributed by atoms with Crippen molar-refractivity contribution in [2.24, 2.45) is 0 Å². The molecule has 2 aromatic rings. The fourth-order valence-electron chi connectivity index (χ4n) is 3.26. The van der Waals surface area contributed by atoms with E-state index in [0.29, 0.717) is 12.4 Å². The van der Waals surface area contributed by atoms with Crippen LogP contribution in [0.4, 0.5) is 5.95 Å². The van der Waals surface area contributed by atoms with Crippen LogP contribution in [0.15, 0.2) is 40.3 Å². The Bertz CT molecular complexity index is 827. The Morgan fingerprint density at radius 1 is 1.39 bits per heavy atom. The van der Waals surface area contributed by atoms with Crippen LogP contribution in [0.5, 0.6) is 5.75 Å². The highest BCUT2D eigenvalue weighted by atomic mass is 79.9. The summed E-state index contributed by atoms with van der Waals surface area (Å²) in [6.07, 6.45) is 3.83. The lowest BCUT2D eigenvalue weighted by Gasteiger charge is -2.32. The Hall–Kier alpha value is -2.15. The predicted octanol–water partition coefficient (Wildman–Crippen LogP) is 3.07. The molecule has 0 amide bonds. The maximum absolute atomic E-state index is 12.6. The minimum atomic E-state index is -0.251. The molecule has 0 fully saturated rings. The van der Waals surface area contributed by atoms with Gasteiger partial charge >= 0.3 is 0 Å². The van der Waals surface area contributed by atoms with Gasteiger partial charge in [0, 0.05) is 17.7 Å². The highest BCUT2D eigenvalue weighted by Crippen LogP contribution is 2.41. The molecule has 2 aliphatic rings. The number of nitrogens with zero attached hydrogens (tertiary/aromatic N) is 3. The van der Waals surface area contributed by atoms with Crippen LogP contribution in [0.3, 0.4) is 0 Å². The summed E-state index contributed by atoms with van der Waals surface area (Å²) in [6.45, 7) is 0. The first-order chi connectivity index (χ1) is 11.2. The van der Waals surface area contributed by atoms with Crippen LogP contribution in [0.25, 0.3) is 0 Å². The van der Waals surface area contributed by atoms with Gasteiger partial charge in [-0.2, -0.15) is 10.1 Å². The number of benzene rings is 1. The van der Waals surface area contributed by atoms with Gasteiger partial charge in [0.05, 0.1) is 11.6 Å².